The van der Waals surface area contributed by atoms with Crippen molar-refractivity contribution in [3.63, 3.8) is 0 Å². The zero-order valence-electron chi connectivity index (χ0n) is 18.1. The fourth-order valence-electron chi connectivity index (χ4n) is 5.25. The number of hydrogen-bond donors (Lipinski definition) is 1. The third kappa shape index (κ3) is 3.32. The average molecular weight is 451 g/mol. The summed E-state index contributed by atoms with van der Waals surface area (Å²) in [5.41, 5.74) is 1.47. The van der Waals surface area contributed by atoms with Crippen molar-refractivity contribution in [3.8, 4) is 5.75 Å². The standard InChI is InChI=1S/C25H23F2N3O3/c1-2-11-29-13-20(30-23(25(29)33)24(32)21(31)12-28-30)22-16-5-3-7-18(26)14(16)9-10-15-17(22)6-4-8-19(15)27/h3-8,12,20,22,32H,2,9-11,13H2,1H3. The molecule has 1 atom stereocenters. The van der Waals surface area contributed by atoms with Crippen molar-refractivity contribution in [1.29, 1.82) is 0 Å². The minimum Gasteiger partial charge on any atom is -0.502 e. The van der Waals surface area contributed by atoms with Gasteiger partial charge in [-0.05, 0) is 53.6 Å². The molecule has 8 heteroatoms. The minimum atomic E-state index is -0.745. The number of hydrogen-bond acceptors (Lipinski definition) is 4. The third-order valence-corrected chi connectivity index (χ3v) is 6.68. The Balaban J connectivity index is 1.80. The maximum absolute atomic E-state index is 14.9. The van der Waals surface area contributed by atoms with Crippen LogP contribution in [0.25, 0.3) is 0 Å². The topological polar surface area (TPSA) is 75.4 Å². The lowest BCUT2D eigenvalue weighted by molar-refractivity contribution is 0.0634. The highest BCUT2D eigenvalue weighted by atomic mass is 19.1. The van der Waals surface area contributed by atoms with Gasteiger partial charge in [-0.1, -0.05) is 31.2 Å². The van der Waals surface area contributed by atoms with Crippen molar-refractivity contribution in [1.82, 2.24) is 14.7 Å². The molecule has 5 rings (SSSR count). The molecule has 1 N–H and O–H groups in total. The van der Waals surface area contributed by atoms with Crippen molar-refractivity contribution in [2.75, 3.05) is 13.1 Å². The van der Waals surface area contributed by atoms with Crippen LogP contribution < -0.4 is 5.43 Å². The van der Waals surface area contributed by atoms with Crippen LogP contribution in [0.5, 0.6) is 5.75 Å². The Kier molecular flexibility index (Phi) is 5.23. The van der Waals surface area contributed by atoms with Crippen LogP contribution in [-0.4, -0.2) is 38.8 Å². The molecular weight excluding hydrogens is 428 g/mol. The number of carbonyl (C=O) groups is 1. The molecule has 6 nitrogen and oxygen atoms in total. The first-order chi connectivity index (χ1) is 15.9. The zero-order valence-corrected chi connectivity index (χ0v) is 18.1. The first-order valence-corrected chi connectivity index (χ1v) is 11.1. The van der Waals surface area contributed by atoms with Gasteiger partial charge in [0, 0.05) is 19.0 Å². The van der Waals surface area contributed by atoms with Crippen LogP contribution in [0, 0.1) is 11.6 Å². The number of fused-ring (bicyclic) bond motifs is 3. The number of amides is 1. The quantitative estimate of drug-likeness (QED) is 0.661. The van der Waals surface area contributed by atoms with Gasteiger partial charge in [-0.2, -0.15) is 5.10 Å². The lowest BCUT2D eigenvalue weighted by atomic mass is 9.81. The largest absolute Gasteiger partial charge is 0.502 e. The Morgan fingerprint density at radius 3 is 2.21 bits per heavy atom. The molecule has 1 amide bonds. The van der Waals surface area contributed by atoms with E-state index in [0.717, 1.165) is 6.20 Å². The number of aromatic hydroxyl groups is 1. The summed E-state index contributed by atoms with van der Waals surface area (Å²) >= 11 is 0. The Bertz CT molecular complexity index is 1270. The summed E-state index contributed by atoms with van der Waals surface area (Å²) in [6, 6.07) is 9.11. The van der Waals surface area contributed by atoms with Crippen LogP contribution in [-0.2, 0) is 12.8 Å². The van der Waals surface area contributed by atoms with Gasteiger partial charge in [0.25, 0.3) is 5.91 Å². The predicted octanol–water partition coefficient (Wildman–Crippen LogP) is 3.56. The molecule has 170 valence electrons. The molecule has 1 aliphatic heterocycles. The van der Waals surface area contributed by atoms with Crippen molar-refractivity contribution < 1.29 is 18.7 Å². The fourth-order valence-corrected chi connectivity index (χ4v) is 5.25. The Morgan fingerprint density at radius 2 is 1.64 bits per heavy atom. The van der Waals surface area contributed by atoms with Crippen LogP contribution in [0.4, 0.5) is 8.78 Å². The van der Waals surface area contributed by atoms with E-state index in [2.05, 4.69) is 5.10 Å². The number of halogens is 2. The van der Waals surface area contributed by atoms with Gasteiger partial charge in [-0.15, -0.1) is 0 Å². The molecule has 33 heavy (non-hydrogen) atoms. The molecule has 3 aromatic rings. The van der Waals surface area contributed by atoms with Crippen LogP contribution >= 0.6 is 0 Å². The summed E-state index contributed by atoms with van der Waals surface area (Å²) in [7, 11) is 0. The van der Waals surface area contributed by atoms with E-state index in [9.17, 15) is 23.5 Å². The van der Waals surface area contributed by atoms with E-state index in [1.807, 2.05) is 19.1 Å². The number of benzene rings is 2. The van der Waals surface area contributed by atoms with Gasteiger partial charge >= 0.3 is 0 Å². The highest BCUT2D eigenvalue weighted by Crippen LogP contribution is 2.44. The number of aromatic nitrogens is 2. The number of nitrogens with zero attached hydrogens (tertiary/aromatic N) is 3. The second-order valence-corrected chi connectivity index (χ2v) is 8.56. The molecule has 0 bridgehead atoms. The lowest BCUT2D eigenvalue weighted by Gasteiger charge is -2.39. The van der Waals surface area contributed by atoms with Gasteiger partial charge in [0.2, 0.25) is 5.43 Å². The SMILES string of the molecule is CCCN1CC(C2c3cccc(F)c3CCc3c(F)cccc32)n2ncc(=O)c(O)c2C1=O. The number of rotatable bonds is 3. The number of carbonyl (C=O) groups excluding carboxylic acids is 1. The minimum absolute atomic E-state index is 0.188. The molecule has 2 aliphatic rings. The first kappa shape index (κ1) is 21.3. The maximum Gasteiger partial charge on any atom is 0.276 e. The molecule has 2 heterocycles. The summed E-state index contributed by atoms with van der Waals surface area (Å²) in [6.45, 7) is 2.57. The molecule has 0 fully saturated rings. The lowest BCUT2D eigenvalue weighted by Crippen LogP contribution is -2.47. The van der Waals surface area contributed by atoms with Gasteiger partial charge in [-0.25, -0.2) is 8.78 Å². The van der Waals surface area contributed by atoms with Crippen LogP contribution in [0.2, 0.25) is 0 Å². The molecular formula is C25H23F2N3O3. The van der Waals surface area contributed by atoms with E-state index in [-0.39, 0.29) is 23.9 Å². The monoisotopic (exact) mass is 451 g/mol. The van der Waals surface area contributed by atoms with E-state index in [4.69, 9.17) is 0 Å². The first-order valence-electron chi connectivity index (χ1n) is 11.1. The Hall–Kier alpha value is -3.55. The smallest absolute Gasteiger partial charge is 0.276 e. The summed E-state index contributed by atoms with van der Waals surface area (Å²) in [4.78, 5) is 26.8. The molecule has 1 aromatic heterocycles. The maximum atomic E-state index is 14.9. The van der Waals surface area contributed by atoms with Crippen LogP contribution in [0.3, 0.4) is 0 Å². The highest BCUT2D eigenvalue weighted by molar-refractivity contribution is 5.95. The van der Waals surface area contributed by atoms with Gasteiger partial charge in [0.05, 0.1) is 12.2 Å². The van der Waals surface area contributed by atoms with Gasteiger partial charge in [0.15, 0.2) is 11.4 Å². The summed E-state index contributed by atoms with van der Waals surface area (Å²) in [6.07, 6.45) is 2.33. The van der Waals surface area contributed by atoms with E-state index >= 15 is 0 Å². The predicted molar refractivity (Wildman–Crippen MR) is 117 cm³/mol. The second kappa shape index (κ2) is 8.10. The zero-order chi connectivity index (χ0) is 23.3. The van der Waals surface area contributed by atoms with Gasteiger partial charge in [0.1, 0.15) is 11.6 Å². The molecule has 1 unspecified atom stereocenters. The molecule has 2 aromatic carbocycles. The Morgan fingerprint density at radius 1 is 1.03 bits per heavy atom. The second-order valence-electron chi connectivity index (χ2n) is 8.56. The molecule has 0 spiro atoms. The average Bonchev–Trinajstić information content (AvgIpc) is 2.96. The molecule has 0 saturated carbocycles. The highest BCUT2D eigenvalue weighted by Gasteiger charge is 2.41. The van der Waals surface area contributed by atoms with E-state index in [1.165, 1.54) is 16.8 Å². The molecule has 1 aliphatic carbocycles. The van der Waals surface area contributed by atoms with Crippen LogP contribution in [0.15, 0.2) is 47.4 Å². The summed E-state index contributed by atoms with van der Waals surface area (Å²) in [5.74, 6) is -2.40. The van der Waals surface area contributed by atoms with Crippen molar-refractivity contribution >= 4 is 5.91 Å². The van der Waals surface area contributed by atoms with Gasteiger partial charge < -0.3 is 10.0 Å². The Labute approximate surface area is 189 Å². The van der Waals surface area contributed by atoms with Crippen molar-refractivity contribution in [2.45, 2.75) is 38.1 Å². The van der Waals surface area contributed by atoms with Crippen LogP contribution in [0.1, 0.15) is 58.0 Å². The van der Waals surface area contributed by atoms with E-state index in [1.54, 1.807) is 17.0 Å². The fraction of sp³-hybridized carbons (Fsp3) is 0.320. The van der Waals surface area contributed by atoms with Crippen molar-refractivity contribution in [2.24, 2.45) is 0 Å². The van der Waals surface area contributed by atoms with Gasteiger partial charge in [-0.3, -0.25) is 14.3 Å². The van der Waals surface area contributed by atoms with E-state index in [0.29, 0.717) is 48.1 Å². The van der Waals surface area contributed by atoms with Crippen molar-refractivity contribution in [3.05, 3.63) is 92.4 Å². The summed E-state index contributed by atoms with van der Waals surface area (Å²) in [5, 5.41) is 14.7. The van der Waals surface area contributed by atoms with E-state index < -0.39 is 29.0 Å². The summed E-state index contributed by atoms with van der Waals surface area (Å²) < 4.78 is 31.2. The molecule has 0 saturated heterocycles. The molecule has 0 radical (unpaired) electrons. The third-order valence-electron chi connectivity index (χ3n) is 6.68. The normalized spacial score (nSPS) is 17.8.